The van der Waals surface area contributed by atoms with Crippen LogP contribution in [0.4, 0.5) is 0 Å². The lowest BCUT2D eigenvalue weighted by molar-refractivity contribution is -0.132. The molecule has 1 heterocycles. The number of hydrogen-bond acceptors (Lipinski definition) is 6. The van der Waals surface area contributed by atoms with Crippen LogP contribution >= 0.6 is 11.6 Å². The standard InChI is InChI=1S/C17H23ClN2O6S/c1-4-26-15-13(18)9-12(10-14(15)25-3)16(21)19-11(2)17(22)20-5-7-27(23,24)8-6-20/h9-11H,4-8H2,1-3H3,(H,19,21). The molecule has 0 radical (unpaired) electrons. The molecular weight excluding hydrogens is 396 g/mol. The van der Waals surface area contributed by atoms with Gasteiger partial charge in [0.05, 0.1) is 30.2 Å². The van der Waals surface area contributed by atoms with Gasteiger partial charge in [0.15, 0.2) is 21.3 Å². The predicted octanol–water partition coefficient (Wildman–Crippen LogP) is 1.12. The third-order valence-electron chi connectivity index (χ3n) is 4.15. The summed E-state index contributed by atoms with van der Waals surface area (Å²) in [5, 5.41) is 2.83. The smallest absolute Gasteiger partial charge is 0.252 e. The third-order valence-corrected chi connectivity index (χ3v) is 6.04. The molecule has 1 saturated heterocycles. The normalized spacial score (nSPS) is 17.1. The molecule has 0 bridgehead atoms. The van der Waals surface area contributed by atoms with Crippen LogP contribution in [0.2, 0.25) is 5.02 Å². The van der Waals surface area contributed by atoms with Crippen molar-refractivity contribution in [2.45, 2.75) is 19.9 Å². The van der Waals surface area contributed by atoms with E-state index in [9.17, 15) is 18.0 Å². The highest BCUT2D eigenvalue weighted by molar-refractivity contribution is 7.91. The lowest BCUT2D eigenvalue weighted by Gasteiger charge is -2.29. The van der Waals surface area contributed by atoms with Crippen molar-refractivity contribution in [1.29, 1.82) is 0 Å². The van der Waals surface area contributed by atoms with Crippen LogP contribution in [0.15, 0.2) is 12.1 Å². The maximum atomic E-state index is 12.5. The van der Waals surface area contributed by atoms with Gasteiger partial charge >= 0.3 is 0 Å². The van der Waals surface area contributed by atoms with Crippen LogP contribution in [0.5, 0.6) is 11.5 Å². The Balaban J connectivity index is 2.08. The Morgan fingerprint density at radius 1 is 1.30 bits per heavy atom. The van der Waals surface area contributed by atoms with E-state index in [4.69, 9.17) is 21.1 Å². The molecule has 1 atom stereocenters. The van der Waals surface area contributed by atoms with E-state index in [0.717, 1.165) is 0 Å². The summed E-state index contributed by atoms with van der Waals surface area (Å²) in [7, 11) is -1.65. The lowest BCUT2D eigenvalue weighted by atomic mass is 10.1. The van der Waals surface area contributed by atoms with E-state index in [2.05, 4.69) is 5.32 Å². The summed E-state index contributed by atoms with van der Waals surface area (Å²) < 4.78 is 33.6. The number of amides is 2. The molecule has 150 valence electrons. The number of ether oxygens (including phenoxy) is 2. The van der Waals surface area contributed by atoms with E-state index in [0.29, 0.717) is 18.1 Å². The van der Waals surface area contributed by atoms with Gasteiger partial charge in [-0.15, -0.1) is 0 Å². The quantitative estimate of drug-likeness (QED) is 0.742. The largest absolute Gasteiger partial charge is 0.493 e. The molecule has 27 heavy (non-hydrogen) atoms. The number of hydrogen-bond donors (Lipinski definition) is 1. The predicted molar refractivity (Wildman–Crippen MR) is 101 cm³/mol. The van der Waals surface area contributed by atoms with Crippen molar-refractivity contribution in [2.75, 3.05) is 38.3 Å². The number of carbonyl (C=O) groups excluding carboxylic acids is 2. The summed E-state index contributed by atoms with van der Waals surface area (Å²) in [6, 6.07) is 2.11. The Kier molecular flexibility index (Phi) is 6.94. The molecule has 1 aliphatic heterocycles. The Morgan fingerprint density at radius 3 is 2.48 bits per heavy atom. The van der Waals surface area contributed by atoms with Gasteiger partial charge in [-0.25, -0.2) is 8.42 Å². The molecule has 10 heteroatoms. The van der Waals surface area contributed by atoms with Crippen LogP contribution < -0.4 is 14.8 Å². The molecule has 0 saturated carbocycles. The molecule has 2 rings (SSSR count). The van der Waals surface area contributed by atoms with Crippen molar-refractivity contribution in [1.82, 2.24) is 10.2 Å². The van der Waals surface area contributed by atoms with Crippen LogP contribution in [0, 0.1) is 0 Å². The first-order chi connectivity index (χ1) is 12.7. The van der Waals surface area contributed by atoms with Gasteiger partial charge in [-0.05, 0) is 26.0 Å². The van der Waals surface area contributed by atoms with Gasteiger partial charge in [0.2, 0.25) is 5.91 Å². The van der Waals surface area contributed by atoms with Crippen molar-refractivity contribution < 1.29 is 27.5 Å². The fraction of sp³-hybridized carbons (Fsp3) is 0.529. The first-order valence-corrected chi connectivity index (χ1v) is 10.7. The highest BCUT2D eigenvalue weighted by Gasteiger charge is 2.29. The van der Waals surface area contributed by atoms with E-state index in [1.54, 1.807) is 13.8 Å². The minimum absolute atomic E-state index is 0.0644. The van der Waals surface area contributed by atoms with Gasteiger partial charge in [0, 0.05) is 18.7 Å². The average molecular weight is 419 g/mol. The van der Waals surface area contributed by atoms with E-state index in [-0.39, 0.29) is 41.1 Å². The summed E-state index contributed by atoms with van der Waals surface area (Å²) in [5.41, 5.74) is 0.223. The molecule has 1 aromatic carbocycles. The van der Waals surface area contributed by atoms with Crippen LogP contribution in [0.3, 0.4) is 0 Å². The molecule has 1 aliphatic rings. The number of nitrogens with one attached hydrogen (secondary N) is 1. The van der Waals surface area contributed by atoms with Gasteiger partial charge in [-0.2, -0.15) is 0 Å². The Labute approximate surface area is 163 Å². The summed E-state index contributed by atoms with van der Waals surface area (Å²) >= 11 is 6.17. The molecule has 1 fully saturated rings. The second-order valence-electron chi connectivity index (χ2n) is 6.09. The topological polar surface area (TPSA) is 102 Å². The monoisotopic (exact) mass is 418 g/mol. The first kappa shape index (κ1) is 21.3. The van der Waals surface area contributed by atoms with Crippen molar-refractivity contribution in [3.8, 4) is 11.5 Å². The summed E-state index contributed by atoms with van der Waals surface area (Å²) in [5.74, 6) is -0.298. The molecule has 0 aromatic heterocycles. The van der Waals surface area contributed by atoms with Gasteiger partial charge in [0.25, 0.3) is 5.91 Å². The van der Waals surface area contributed by atoms with E-state index in [1.807, 2.05) is 0 Å². The maximum Gasteiger partial charge on any atom is 0.252 e. The number of halogens is 1. The molecule has 1 aromatic rings. The van der Waals surface area contributed by atoms with Gasteiger partial charge in [-0.3, -0.25) is 9.59 Å². The zero-order valence-corrected chi connectivity index (χ0v) is 17.0. The fourth-order valence-corrected chi connectivity index (χ4v) is 4.15. The lowest BCUT2D eigenvalue weighted by Crippen LogP contribution is -2.51. The van der Waals surface area contributed by atoms with E-state index < -0.39 is 21.8 Å². The van der Waals surface area contributed by atoms with Crippen molar-refractivity contribution >= 4 is 33.3 Å². The Morgan fingerprint density at radius 2 is 1.93 bits per heavy atom. The SMILES string of the molecule is CCOc1c(Cl)cc(C(=O)NC(C)C(=O)N2CCS(=O)(=O)CC2)cc1OC. The van der Waals surface area contributed by atoms with Crippen molar-refractivity contribution in [2.24, 2.45) is 0 Å². The van der Waals surface area contributed by atoms with Gasteiger partial charge < -0.3 is 19.7 Å². The average Bonchev–Trinajstić information content (AvgIpc) is 2.62. The van der Waals surface area contributed by atoms with Crippen LogP contribution in [-0.4, -0.2) is 69.5 Å². The van der Waals surface area contributed by atoms with E-state index in [1.165, 1.54) is 24.1 Å². The zero-order chi connectivity index (χ0) is 20.2. The minimum atomic E-state index is -3.08. The van der Waals surface area contributed by atoms with E-state index >= 15 is 0 Å². The molecule has 2 amide bonds. The number of nitrogens with zero attached hydrogens (tertiary/aromatic N) is 1. The highest BCUT2D eigenvalue weighted by atomic mass is 35.5. The molecule has 1 N–H and O–H groups in total. The molecule has 0 aliphatic carbocycles. The summed E-state index contributed by atoms with van der Waals surface area (Å²) in [6.07, 6.45) is 0. The number of methoxy groups -OCH3 is 1. The number of carbonyl (C=O) groups is 2. The van der Waals surface area contributed by atoms with Crippen molar-refractivity contribution in [3.63, 3.8) is 0 Å². The second-order valence-corrected chi connectivity index (χ2v) is 8.81. The molecule has 1 unspecified atom stereocenters. The number of benzene rings is 1. The Hall–Kier alpha value is -2.00. The Bertz CT molecular complexity index is 813. The van der Waals surface area contributed by atoms with Crippen LogP contribution in [0.25, 0.3) is 0 Å². The number of sulfone groups is 1. The number of rotatable bonds is 6. The molecule has 8 nitrogen and oxygen atoms in total. The maximum absolute atomic E-state index is 12.5. The zero-order valence-electron chi connectivity index (χ0n) is 15.5. The van der Waals surface area contributed by atoms with Gasteiger partial charge in [-0.1, -0.05) is 11.6 Å². The highest BCUT2D eigenvalue weighted by Crippen LogP contribution is 2.36. The minimum Gasteiger partial charge on any atom is -0.493 e. The van der Waals surface area contributed by atoms with Crippen molar-refractivity contribution in [3.05, 3.63) is 22.7 Å². The second kappa shape index (κ2) is 8.79. The van der Waals surface area contributed by atoms with Gasteiger partial charge in [0.1, 0.15) is 6.04 Å². The molecular formula is C17H23ClN2O6S. The fourth-order valence-electron chi connectivity index (χ4n) is 2.68. The third kappa shape index (κ3) is 5.26. The summed E-state index contributed by atoms with van der Waals surface area (Å²) in [4.78, 5) is 26.4. The first-order valence-electron chi connectivity index (χ1n) is 8.49. The molecule has 0 spiro atoms. The van der Waals surface area contributed by atoms with Crippen LogP contribution in [0.1, 0.15) is 24.2 Å². The summed E-state index contributed by atoms with van der Waals surface area (Å²) in [6.45, 7) is 4.00. The van der Waals surface area contributed by atoms with Crippen LogP contribution in [-0.2, 0) is 14.6 Å².